The molecule has 2 heterocycles. The zero-order chi connectivity index (χ0) is 13.3. The average Bonchev–Trinajstić information content (AvgIpc) is 2.73. The third-order valence-electron chi connectivity index (χ3n) is 3.25. The van der Waals surface area contributed by atoms with Crippen LogP contribution < -0.4 is 5.14 Å². The van der Waals surface area contributed by atoms with Crippen LogP contribution >= 0.6 is 11.3 Å². The number of carbonyl (C=O) groups is 1. The molecule has 2 N–H and O–H groups in total. The van der Waals surface area contributed by atoms with Crippen LogP contribution in [0.15, 0.2) is 11.4 Å². The number of sulfonamides is 1. The van der Waals surface area contributed by atoms with E-state index in [0.717, 1.165) is 10.4 Å². The van der Waals surface area contributed by atoms with Crippen LogP contribution in [0, 0.1) is 6.92 Å². The summed E-state index contributed by atoms with van der Waals surface area (Å²) < 4.78 is 22.4. The van der Waals surface area contributed by atoms with Gasteiger partial charge in [-0.3, -0.25) is 4.79 Å². The Kier molecular flexibility index (Phi) is 3.74. The van der Waals surface area contributed by atoms with Crippen LogP contribution in [0.1, 0.15) is 28.1 Å². The summed E-state index contributed by atoms with van der Waals surface area (Å²) in [5, 5.41) is 6.50. The van der Waals surface area contributed by atoms with Gasteiger partial charge in [-0.2, -0.15) is 0 Å². The van der Waals surface area contributed by atoms with Crippen LogP contribution in [-0.4, -0.2) is 37.6 Å². The molecule has 0 spiro atoms. The number of likely N-dealkylation sites (tertiary alicyclic amines) is 1. The molecule has 0 bridgehead atoms. The highest BCUT2D eigenvalue weighted by Crippen LogP contribution is 2.22. The van der Waals surface area contributed by atoms with E-state index in [4.69, 9.17) is 5.14 Å². The maximum absolute atomic E-state index is 12.2. The minimum Gasteiger partial charge on any atom is -0.338 e. The summed E-state index contributed by atoms with van der Waals surface area (Å²) in [6.07, 6.45) is 0.851. The maximum Gasteiger partial charge on any atom is 0.264 e. The highest BCUT2D eigenvalue weighted by atomic mass is 32.2. The van der Waals surface area contributed by atoms with E-state index in [1.807, 2.05) is 18.4 Å². The van der Waals surface area contributed by atoms with Crippen LogP contribution in [0.25, 0.3) is 0 Å². The van der Waals surface area contributed by atoms with Crippen molar-refractivity contribution in [2.45, 2.75) is 25.0 Å². The van der Waals surface area contributed by atoms with Crippen molar-refractivity contribution in [1.29, 1.82) is 0 Å². The Morgan fingerprint density at radius 2 is 2.06 bits per heavy atom. The zero-order valence-corrected chi connectivity index (χ0v) is 11.8. The molecule has 100 valence electrons. The smallest absolute Gasteiger partial charge is 0.264 e. The summed E-state index contributed by atoms with van der Waals surface area (Å²) in [5.41, 5.74) is 0.971. The number of nitrogens with zero attached hydrogens (tertiary/aromatic N) is 1. The first-order valence-corrected chi connectivity index (χ1v) is 8.23. The number of piperidine rings is 1. The number of thiophene rings is 1. The summed E-state index contributed by atoms with van der Waals surface area (Å²) >= 11 is 1.42. The zero-order valence-electron chi connectivity index (χ0n) is 10.1. The second-order valence-electron chi connectivity index (χ2n) is 4.51. The fraction of sp³-hybridized carbons (Fsp3) is 0.545. The number of rotatable bonds is 2. The van der Waals surface area contributed by atoms with E-state index in [0.29, 0.717) is 25.9 Å². The van der Waals surface area contributed by atoms with E-state index in [2.05, 4.69) is 0 Å². The molecular formula is C11H16N2O3S2. The topological polar surface area (TPSA) is 80.5 Å². The Morgan fingerprint density at radius 3 is 2.50 bits per heavy atom. The van der Waals surface area contributed by atoms with E-state index in [9.17, 15) is 13.2 Å². The monoisotopic (exact) mass is 288 g/mol. The van der Waals surface area contributed by atoms with E-state index >= 15 is 0 Å². The first-order chi connectivity index (χ1) is 8.39. The van der Waals surface area contributed by atoms with Gasteiger partial charge in [0.05, 0.1) is 10.1 Å². The second kappa shape index (κ2) is 4.99. The van der Waals surface area contributed by atoms with Crippen LogP contribution in [-0.2, 0) is 10.0 Å². The lowest BCUT2D eigenvalue weighted by Gasteiger charge is -2.30. The van der Waals surface area contributed by atoms with E-state index < -0.39 is 15.3 Å². The van der Waals surface area contributed by atoms with Crippen LogP contribution in [0.2, 0.25) is 0 Å². The highest BCUT2D eigenvalue weighted by molar-refractivity contribution is 7.89. The standard InChI is InChI=1S/C11H16N2O3S2/c1-8-4-7-17-10(8)11(14)13-5-2-9(3-6-13)18(12,15)16/h4,7,9H,2-3,5-6H2,1H3,(H2,12,15,16). The molecule has 18 heavy (non-hydrogen) atoms. The molecule has 1 aromatic rings. The average molecular weight is 288 g/mol. The van der Waals surface area contributed by atoms with Crippen molar-refractivity contribution in [1.82, 2.24) is 4.90 Å². The summed E-state index contributed by atoms with van der Waals surface area (Å²) in [6.45, 7) is 2.81. The van der Waals surface area contributed by atoms with Crippen LogP contribution in [0.4, 0.5) is 0 Å². The predicted molar refractivity (Wildman–Crippen MR) is 71.1 cm³/mol. The SMILES string of the molecule is Cc1ccsc1C(=O)N1CCC(S(N)(=O)=O)CC1. The van der Waals surface area contributed by atoms with Crippen molar-refractivity contribution in [2.24, 2.45) is 5.14 Å². The number of primary sulfonamides is 1. The Bertz CT molecular complexity index is 542. The molecule has 1 aliphatic heterocycles. The van der Waals surface area contributed by atoms with Crippen molar-refractivity contribution >= 4 is 27.3 Å². The van der Waals surface area contributed by atoms with Crippen LogP contribution in [0.3, 0.4) is 0 Å². The molecule has 0 saturated carbocycles. The molecule has 0 unspecified atom stereocenters. The molecule has 1 saturated heterocycles. The fourth-order valence-corrected chi connectivity index (χ4v) is 3.88. The van der Waals surface area contributed by atoms with Crippen molar-refractivity contribution < 1.29 is 13.2 Å². The molecule has 1 amide bonds. The first kappa shape index (κ1) is 13.5. The van der Waals surface area contributed by atoms with Crippen molar-refractivity contribution in [2.75, 3.05) is 13.1 Å². The molecule has 1 fully saturated rings. The van der Waals surface area contributed by atoms with Crippen molar-refractivity contribution in [3.63, 3.8) is 0 Å². The van der Waals surface area contributed by atoms with Gasteiger partial charge in [0.15, 0.2) is 0 Å². The van der Waals surface area contributed by atoms with Gasteiger partial charge in [-0.05, 0) is 36.8 Å². The molecule has 1 aromatic heterocycles. The fourth-order valence-electron chi connectivity index (χ4n) is 2.12. The maximum atomic E-state index is 12.2. The predicted octanol–water partition coefficient (Wildman–Crippen LogP) is 0.950. The molecule has 1 aliphatic rings. The van der Waals surface area contributed by atoms with Gasteiger partial charge in [0.25, 0.3) is 5.91 Å². The van der Waals surface area contributed by atoms with Crippen molar-refractivity contribution in [3.8, 4) is 0 Å². The van der Waals surface area contributed by atoms with E-state index in [1.165, 1.54) is 11.3 Å². The number of aryl methyl sites for hydroxylation is 1. The Hall–Kier alpha value is -0.920. The van der Waals surface area contributed by atoms with Gasteiger partial charge < -0.3 is 4.90 Å². The lowest BCUT2D eigenvalue weighted by molar-refractivity contribution is 0.0730. The third-order valence-corrected chi connectivity index (χ3v) is 5.66. The highest BCUT2D eigenvalue weighted by Gasteiger charge is 2.30. The first-order valence-electron chi connectivity index (χ1n) is 5.74. The molecule has 0 atom stereocenters. The summed E-state index contributed by atoms with van der Waals surface area (Å²) in [6, 6.07) is 1.91. The van der Waals surface area contributed by atoms with Gasteiger partial charge >= 0.3 is 0 Å². The Balaban J connectivity index is 2.03. The number of hydrogen-bond acceptors (Lipinski definition) is 4. The van der Waals surface area contributed by atoms with E-state index in [-0.39, 0.29) is 5.91 Å². The van der Waals surface area contributed by atoms with Crippen LogP contribution in [0.5, 0.6) is 0 Å². The number of carbonyl (C=O) groups excluding carboxylic acids is 1. The lowest BCUT2D eigenvalue weighted by Crippen LogP contribution is -2.44. The van der Waals surface area contributed by atoms with Gasteiger partial charge in [0.2, 0.25) is 10.0 Å². The van der Waals surface area contributed by atoms with Gasteiger partial charge in [-0.15, -0.1) is 11.3 Å². The molecule has 5 nitrogen and oxygen atoms in total. The number of nitrogens with two attached hydrogens (primary N) is 1. The van der Waals surface area contributed by atoms with E-state index in [1.54, 1.807) is 4.90 Å². The molecule has 0 radical (unpaired) electrons. The molecule has 7 heteroatoms. The van der Waals surface area contributed by atoms with Gasteiger partial charge in [-0.1, -0.05) is 0 Å². The van der Waals surface area contributed by atoms with Crippen molar-refractivity contribution in [3.05, 3.63) is 21.9 Å². The van der Waals surface area contributed by atoms with Gasteiger partial charge in [0.1, 0.15) is 0 Å². The largest absolute Gasteiger partial charge is 0.338 e. The number of hydrogen-bond donors (Lipinski definition) is 1. The number of amides is 1. The van der Waals surface area contributed by atoms with Gasteiger partial charge in [0, 0.05) is 13.1 Å². The Morgan fingerprint density at radius 1 is 1.44 bits per heavy atom. The Labute approximate surface area is 111 Å². The minimum atomic E-state index is -3.47. The lowest BCUT2D eigenvalue weighted by atomic mass is 10.1. The normalized spacial score (nSPS) is 18.0. The van der Waals surface area contributed by atoms with Gasteiger partial charge in [-0.25, -0.2) is 13.6 Å². The molecule has 0 aliphatic carbocycles. The summed E-state index contributed by atoms with van der Waals surface area (Å²) in [7, 11) is -3.47. The molecule has 2 rings (SSSR count). The molecular weight excluding hydrogens is 272 g/mol. The quantitative estimate of drug-likeness (QED) is 0.879. The third kappa shape index (κ3) is 2.73. The molecule has 0 aromatic carbocycles. The minimum absolute atomic E-state index is 0.00429. The summed E-state index contributed by atoms with van der Waals surface area (Å²) in [5.74, 6) is -0.00429. The summed E-state index contributed by atoms with van der Waals surface area (Å²) in [4.78, 5) is 14.6. The second-order valence-corrected chi connectivity index (χ2v) is 7.27.